The van der Waals surface area contributed by atoms with Crippen LogP contribution in [0.2, 0.25) is 0 Å². The first-order chi connectivity index (χ1) is 13.8. The molecular weight excluding hydrogens is 390 g/mol. The average molecular weight is 422 g/mol. The Labute approximate surface area is 172 Å². The van der Waals surface area contributed by atoms with Gasteiger partial charge in [-0.3, -0.25) is 0 Å². The number of anilines is 1. The number of aromatic nitrogens is 3. The summed E-state index contributed by atoms with van der Waals surface area (Å²) in [4.78, 5) is 14.1. The van der Waals surface area contributed by atoms with E-state index < -0.39 is 15.6 Å². The predicted octanol–water partition coefficient (Wildman–Crippen LogP) is 2.13. The van der Waals surface area contributed by atoms with Gasteiger partial charge < -0.3 is 15.0 Å². The van der Waals surface area contributed by atoms with Gasteiger partial charge in [0.2, 0.25) is 10.0 Å². The third-order valence-electron chi connectivity index (χ3n) is 6.51. The SMILES string of the molecule is CN(c1ncnc2[nH]ccc12)[C@H]1CC[C@H](CS(=O)(=O)N2CCC[C@@](C)(O)C2)CC1. The zero-order chi connectivity index (χ0) is 20.6. The number of nitrogens with zero attached hydrogens (tertiary/aromatic N) is 4. The first kappa shape index (κ1) is 20.6. The number of hydrogen-bond donors (Lipinski definition) is 2. The van der Waals surface area contributed by atoms with Crippen LogP contribution in [-0.2, 0) is 10.0 Å². The molecule has 2 N–H and O–H groups in total. The van der Waals surface area contributed by atoms with Gasteiger partial charge in [0.15, 0.2) is 0 Å². The molecule has 0 aromatic carbocycles. The molecule has 1 saturated carbocycles. The van der Waals surface area contributed by atoms with Crippen molar-refractivity contribution >= 4 is 26.9 Å². The molecule has 0 amide bonds. The zero-order valence-corrected chi connectivity index (χ0v) is 18.0. The zero-order valence-electron chi connectivity index (χ0n) is 17.2. The summed E-state index contributed by atoms with van der Waals surface area (Å²) in [5.41, 5.74) is -0.0775. The summed E-state index contributed by atoms with van der Waals surface area (Å²) in [5, 5.41) is 11.3. The molecule has 8 nitrogen and oxygen atoms in total. The molecule has 1 saturated heterocycles. The summed E-state index contributed by atoms with van der Waals surface area (Å²) in [5.74, 6) is 1.28. The minimum absolute atomic E-state index is 0.175. The molecule has 1 aliphatic carbocycles. The molecule has 4 rings (SSSR count). The van der Waals surface area contributed by atoms with Crippen molar-refractivity contribution in [3.63, 3.8) is 0 Å². The van der Waals surface area contributed by atoms with Gasteiger partial charge in [0.1, 0.15) is 17.8 Å². The largest absolute Gasteiger partial charge is 0.389 e. The molecule has 9 heteroatoms. The standard InChI is InChI=1S/C20H31N5O3S/c1-20(26)9-3-11-25(13-20)29(27,28)12-15-4-6-16(7-5-15)24(2)19-17-8-10-21-18(17)22-14-23-19/h8,10,14-16,26H,3-7,9,11-13H2,1-2H3,(H,21,22,23)/t15-,16-,20-/m1/s1. The third-order valence-corrected chi connectivity index (χ3v) is 8.50. The van der Waals surface area contributed by atoms with Crippen LogP contribution in [0.15, 0.2) is 18.6 Å². The molecule has 3 heterocycles. The van der Waals surface area contributed by atoms with Gasteiger partial charge in [-0.15, -0.1) is 0 Å². The fourth-order valence-corrected chi connectivity index (χ4v) is 6.85. The van der Waals surface area contributed by atoms with Crippen LogP contribution >= 0.6 is 0 Å². The van der Waals surface area contributed by atoms with Crippen molar-refractivity contribution in [3.05, 3.63) is 18.6 Å². The number of nitrogens with one attached hydrogen (secondary N) is 1. The summed E-state index contributed by atoms with van der Waals surface area (Å²) in [6.07, 6.45) is 8.51. The lowest BCUT2D eigenvalue weighted by Crippen LogP contribution is -2.50. The number of β-amino-alcohol motifs (C(OH)–C–C–N with tert-alkyl or cyclic N) is 1. The molecule has 2 aliphatic rings. The van der Waals surface area contributed by atoms with E-state index >= 15 is 0 Å². The summed E-state index contributed by atoms with van der Waals surface area (Å²) >= 11 is 0. The fraction of sp³-hybridized carbons (Fsp3) is 0.700. The number of rotatable bonds is 5. The fourth-order valence-electron chi connectivity index (χ4n) is 4.83. The summed E-state index contributed by atoms with van der Waals surface area (Å²) in [7, 11) is -1.27. The Kier molecular flexibility index (Phi) is 5.56. The van der Waals surface area contributed by atoms with Crippen molar-refractivity contribution in [2.45, 2.75) is 57.1 Å². The Bertz CT molecular complexity index is 950. The van der Waals surface area contributed by atoms with Gasteiger partial charge in [-0.2, -0.15) is 4.31 Å². The van der Waals surface area contributed by atoms with Crippen molar-refractivity contribution in [1.29, 1.82) is 0 Å². The van der Waals surface area contributed by atoms with Crippen LogP contribution in [0.5, 0.6) is 0 Å². The van der Waals surface area contributed by atoms with Crippen molar-refractivity contribution in [2.24, 2.45) is 5.92 Å². The van der Waals surface area contributed by atoms with E-state index in [1.807, 2.05) is 12.3 Å². The maximum Gasteiger partial charge on any atom is 0.214 e. The molecule has 2 aromatic rings. The molecule has 2 aromatic heterocycles. The van der Waals surface area contributed by atoms with Crippen LogP contribution in [-0.4, -0.2) is 70.3 Å². The van der Waals surface area contributed by atoms with Crippen LogP contribution in [0.3, 0.4) is 0 Å². The van der Waals surface area contributed by atoms with Crippen molar-refractivity contribution in [3.8, 4) is 0 Å². The van der Waals surface area contributed by atoms with Crippen molar-refractivity contribution < 1.29 is 13.5 Å². The van der Waals surface area contributed by atoms with E-state index in [-0.39, 0.29) is 18.2 Å². The maximum atomic E-state index is 12.9. The smallest absolute Gasteiger partial charge is 0.214 e. The monoisotopic (exact) mass is 421 g/mol. The number of piperidine rings is 1. The average Bonchev–Trinajstić information content (AvgIpc) is 3.16. The number of hydrogen-bond acceptors (Lipinski definition) is 6. The van der Waals surface area contributed by atoms with E-state index in [0.29, 0.717) is 19.0 Å². The van der Waals surface area contributed by atoms with Crippen molar-refractivity contribution in [2.75, 3.05) is 30.8 Å². The highest BCUT2D eigenvalue weighted by Gasteiger charge is 2.36. The molecule has 2 fully saturated rings. The molecule has 0 radical (unpaired) electrons. The number of H-pyrrole nitrogens is 1. The lowest BCUT2D eigenvalue weighted by atomic mass is 9.86. The predicted molar refractivity (Wildman–Crippen MR) is 113 cm³/mol. The van der Waals surface area contributed by atoms with E-state index in [1.54, 1.807) is 13.3 Å². The Morgan fingerprint density at radius 3 is 2.79 bits per heavy atom. The molecule has 29 heavy (non-hydrogen) atoms. The first-order valence-electron chi connectivity index (χ1n) is 10.5. The minimum Gasteiger partial charge on any atom is -0.389 e. The van der Waals surface area contributed by atoms with Gasteiger partial charge in [-0.1, -0.05) is 0 Å². The van der Waals surface area contributed by atoms with Gasteiger partial charge >= 0.3 is 0 Å². The molecule has 1 aliphatic heterocycles. The highest BCUT2D eigenvalue weighted by molar-refractivity contribution is 7.89. The van der Waals surface area contributed by atoms with Gasteiger partial charge in [0, 0.05) is 32.4 Å². The number of sulfonamides is 1. The van der Waals surface area contributed by atoms with E-state index in [2.05, 4.69) is 26.9 Å². The number of aromatic amines is 1. The summed E-state index contributed by atoms with van der Waals surface area (Å²) in [6.45, 7) is 2.47. The normalized spacial score (nSPS) is 29.2. The van der Waals surface area contributed by atoms with Crippen LogP contribution in [0, 0.1) is 5.92 Å². The number of aliphatic hydroxyl groups is 1. The highest BCUT2D eigenvalue weighted by Crippen LogP contribution is 2.33. The van der Waals surface area contributed by atoms with Crippen LogP contribution in [0.4, 0.5) is 5.82 Å². The van der Waals surface area contributed by atoms with Gasteiger partial charge in [0.25, 0.3) is 0 Å². The second-order valence-electron chi connectivity index (χ2n) is 8.94. The Morgan fingerprint density at radius 1 is 1.31 bits per heavy atom. The quantitative estimate of drug-likeness (QED) is 0.767. The minimum atomic E-state index is -3.33. The summed E-state index contributed by atoms with van der Waals surface area (Å²) in [6, 6.07) is 2.34. The number of fused-ring (bicyclic) bond motifs is 1. The second kappa shape index (κ2) is 7.85. The van der Waals surface area contributed by atoms with Crippen molar-refractivity contribution in [1.82, 2.24) is 19.3 Å². The Morgan fingerprint density at radius 2 is 2.07 bits per heavy atom. The summed E-state index contributed by atoms with van der Waals surface area (Å²) < 4.78 is 27.3. The topological polar surface area (TPSA) is 102 Å². The van der Waals surface area contributed by atoms with Crippen LogP contribution < -0.4 is 4.90 Å². The van der Waals surface area contributed by atoms with E-state index in [0.717, 1.165) is 49.0 Å². The maximum absolute atomic E-state index is 12.9. The molecular formula is C20H31N5O3S. The third kappa shape index (κ3) is 4.41. The lowest BCUT2D eigenvalue weighted by Gasteiger charge is -2.38. The second-order valence-corrected chi connectivity index (χ2v) is 10.9. The van der Waals surface area contributed by atoms with Gasteiger partial charge in [-0.05, 0) is 57.4 Å². The van der Waals surface area contributed by atoms with E-state index in [4.69, 9.17) is 0 Å². The molecule has 1 atom stereocenters. The first-order valence-corrected chi connectivity index (χ1v) is 12.1. The van der Waals surface area contributed by atoms with E-state index in [9.17, 15) is 13.5 Å². The Hall–Kier alpha value is -1.71. The molecule has 0 spiro atoms. The molecule has 0 bridgehead atoms. The van der Waals surface area contributed by atoms with E-state index in [1.165, 1.54) is 4.31 Å². The van der Waals surface area contributed by atoms with Gasteiger partial charge in [0.05, 0.1) is 16.7 Å². The lowest BCUT2D eigenvalue weighted by molar-refractivity contribution is 0.00927. The Balaban J connectivity index is 1.36. The molecule has 160 valence electrons. The highest BCUT2D eigenvalue weighted by atomic mass is 32.2. The van der Waals surface area contributed by atoms with Crippen LogP contribution in [0.25, 0.3) is 11.0 Å². The van der Waals surface area contributed by atoms with Crippen LogP contribution in [0.1, 0.15) is 45.4 Å². The molecule has 0 unspecified atom stereocenters. The van der Waals surface area contributed by atoms with Gasteiger partial charge in [-0.25, -0.2) is 18.4 Å².